The molecule has 1 aromatic carbocycles. The van der Waals surface area contributed by atoms with E-state index in [1.165, 1.54) is 0 Å². The van der Waals surface area contributed by atoms with Crippen LogP contribution in [0.3, 0.4) is 0 Å². The molecule has 0 bridgehead atoms. The van der Waals surface area contributed by atoms with Gasteiger partial charge < -0.3 is 0 Å². The van der Waals surface area contributed by atoms with Crippen LogP contribution >= 0.6 is 0 Å². The molecule has 3 heteroatoms. The molecule has 84 valence electrons. The molecule has 0 saturated carbocycles. The standard InChI is InChI=1S/C14H13N3/c1-10-8-11(2)17-14(16-10)13(9-15-17)12-6-4-3-5-7-12/h3-9H,1-2H3. The van der Waals surface area contributed by atoms with E-state index in [4.69, 9.17) is 0 Å². The lowest BCUT2D eigenvalue weighted by atomic mass is 10.1. The van der Waals surface area contributed by atoms with Crippen LogP contribution < -0.4 is 0 Å². The number of nitrogens with zero attached hydrogens (tertiary/aromatic N) is 3. The van der Waals surface area contributed by atoms with E-state index in [2.05, 4.69) is 22.2 Å². The van der Waals surface area contributed by atoms with Crippen molar-refractivity contribution in [3.8, 4) is 11.1 Å². The summed E-state index contributed by atoms with van der Waals surface area (Å²) in [5, 5.41) is 4.39. The Kier molecular flexibility index (Phi) is 2.18. The Labute approximate surface area is 99.7 Å². The normalized spacial score (nSPS) is 10.9. The zero-order chi connectivity index (χ0) is 11.8. The van der Waals surface area contributed by atoms with Crippen LogP contribution in [0.2, 0.25) is 0 Å². The van der Waals surface area contributed by atoms with Crippen LogP contribution in [-0.4, -0.2) is 14.6 Å². The van der Waals surface area contributed by atoms with Gasteiger partial charge in [0.2, 0.25) is 0 Å². The quantitative estimate of drug-likeness (QED) is 0.634. The first kappa shape index (κ1) is 10.0. The lowest BCUT2D eigenvalue weighted by molar-refractivity contribution is 0.886. The van der Waals surface area contributed by atoms with Crippen LogP contribution in [0.25, 0.3) is 16.8 Å². The average Bonchev–Trinajstić information content (AvgIpc) is 2.74. The fraction of sp³-hybridized carbons (Fsp3) is 0.143. The maximum Gasteiger partial charge on any atom is 0.163 e. The van der Waals surface area contributed by atoms with Gasteiger partial charge in [0.25, 0.3) is 0 Å². The number of rotatable bonds is 1. The second kappa shape index (κ2) is 3.70. The molecule has 3 nitrogen and oxygen atoms in total. The van der Waals surface area contributed by atoms with Crippen molar-refractivity contribution in [2.75, 3.05) is 0 Å². The SMILES string of the molecule is Cc1cc(C)n2ncc(-c3ccccc3)c2n1. The number of benzene rings is 1. The second-order valence-electron chi connectivity index (χ2n) is 4.20. The van der Waals surface area contributed by atoms with Gasteiger partial charge in [-0.05, 0) is 25.5 Å². The van der Waals surface area contributed by atoms with E-state index in [1.54, 1.807) is 0 Å². The summed E-state index contributed by atoms with van der Waals surface area (Å²) in [4.78, 5) is 4.57. The topological polar surface area (TPSA) is 30.2 Å². The molecule has 17 heavy (non-hydrogen) atoms. The highest BCUT2D eigenvalue weighted by Crippen LogP contribution is 2.23. The molecule has 0 unspecified atom stereocenters. The van der Waals surface area contributed by atoms with Crippen molar-refractivity contribution in [3.63, 3.8) is 0 Å². The summed E-state index contributed by atoms with van der Waals surface area (Å²) in [7, 11) is 0. The Hall–Kier alpha value is -2.16. The van der Waals surface area contributed by atoms with Crippen LogP contribution in [0, 0.1) is 13.8 Å². The number of hydrogen-bond acceptors (Lipinski definition) is 2. The van der Waals surface area contributed by atoms with Crippen molar-refractivity contribution in [1.82, 2.24) is 14.6 Å². The van der Waals surface area contributed by atoms with E-state index in [-0.39, 0.29) is 0 Å². The predicted octanol–water partition coefficient (Wildman–Crippen LogP) is 3.01. The van der Waals surface area contributed by atoms with Gasteiger partial charge in [-0.25, -0.2) is 9.50 Å². The van der Waals surface area contributed by atoms with Crippen molar-refractivity contribution in [2.45, 2.75) is 13.8 Å². The molecule has 0 aliphatic rings. The molecule has 0 atom stereocenters. The van der Waals surface area contributed by atoms with Crippen LogP contribution in [-0.2, 0) is 0 Å². The van der Waals surface area contributed by atoms with Gasteiger partial charge in [0.15, 0.2) is 5.65 Å². The smallest absolute Gasteiger partial charge is 0.163 e. The Balaban J connectivity index is 2.32. The number of aromatic nitrogens is 3. The van der Waals surface area contributed by atoms with Gasteiger partial charge in [-0.1, -0.05) is 30.3 Å². The molecule has 0 fully saturated rings. The minimum Gasteiger partial charge on any atom is -0.233 e. The molecule has 2 heterocycles. The summed E-state index contributed by atoms with van der Waals surface area (Å²) in [6.07, 6.45) is 1.88. The largest absolute Gasteiger partial charge is 0.233 e. The van der Waals surface area contributed by atoms with Gasteiger partial charge in [0.1, 0.15) is 0 Å². The van der Waals surface area contributed by atoms with Gasteiger partial charge in [-0.3, -0.25) is 0 Å². The van der Waals surface area contributed by atoms with Gasteiger partial charge in [0.05, 0.1) is 6.20 Å². The van der Waals surface area contributed by atoms with Gasteiger partial charge in [-0.2, -0.15) is 5.10 Å². The fourth-order valence-electron chi connectivity index (χ4n) is 2.09. The highest BCUT2D eigenvalue weighted by molar-refractivity contribution is 5.77. The lowest BCUT2D eigenvalue weighted by Gasteiger charge is -2.02. The molecule has 0 aliphatic carbocycles. The average molecular weight is 223 g/mol. The summed E-state index contributed by atoms with van der Waals surface area (Å²) in [6.45, 7) is 4.05. The van der Waals surface area contributed by atoms with Gasteiger partial charge >= 0.3 is 0 Å². The lowest BCUT2D eigenvalue weighted by Crippen LogP contribution is -1.97. The summed E-state index contributed by atoms with van der Waals surface area (Å²) in [5.74, 6) is 0. The zero-order valence-electron chi connectivity index (χ0n) is 9.88. The molecule has 0 spiro atoms. The first-order valence-electron chi connectivity index (χ1n) is 5.63. The minimum absolute atomic E-state index is 0.925. The maximum absolute atomic E-state index is 4.57. The van der Waals surface area contributed by atoms with Crippen molar-refractivity contribution in [2.24, 2.45) is 0 Å². The first-order valence-corrected chi connectivity index (χ1v) is 5.63. The van der Waals surface area contributed by atoms with Crippen LogP contribution in [0.1, 0.15) is 11.4 Å². The molecule has 0 radical (unpaired) electrons. The van der Waals surface area contributed by atoms with E-state index in [0.717, 1.165) is 28.2 Å². The number of aryl methyl sites for hydroxylation is 2. The Morgan fingerprint density at radius 1 is 1.06 bits per heavy atom. The van der Waals surface area contributed by atoms with E-state index in [0.29, 0.717) is 0 Å². The monoisotopic (exact) mass is 223 g/mol. The molecule has 0 amide bonds. The molecular formula is C14H13N3. The predicted molar refractivity (Wildman–Crippen MR) is 67.9 cm³/mol. The first-order chi connectivity index (χ1) is 8.25. The van der Waals surface area contributed by atoms with Crippen LogP contribution in [0.4, 0.5) is 0 Å². The van der Waals surface area contributed by atoms with E-state index < -0.39 is 0 Å². The number of fused-ring (bicyclic) bond motifs is 1. The van der Waals surface area contributed by atoms with E-state index in [9.17, 15) is 0 Å². The summed E-state index contributed by atoms with van der Waals surface area (Å²) < 4.78 is 1.88. The Morgan fingerprint density at radius 2 is 1.82 bits per heavy atom. The molecular weight excluding hydrogens is 210 g/mol. The van der Waals surface area contributed by atoms with Crippen LogP contribution in [0.15, 0.2) is 42.6 Å². The molecule has 0 aliphatic heterocycles. The molecule has 3 rings (SSSR count). The molecule has 3 aromatic rings. The minimum atomic E-state index is 0.925. The maximum atomic E-state index is 4.57. The Bertz CT molecular complexity index is 669. The third-order valence-electron chi connectivity index (χ3n) is 2.86. The van der Waals surface area contributed by atoms with E-state index >= 15 is 0 Å². The van der Waals surface area contributed by atoms with Crippen molar-refractivity contribution >= 4 is 5.65 Å². The van der Waals surface area contributed by atoms with Crippen LogP contribution in [0.5, 0.6) is 0 Å². The highest BCUT2D eigenvalue weighted by Gasteiger charge is 2.09. The summed E-state index contributed by atoms with van der Waals surface area (Å²) in [5.41, 5.74) is 5.29. The molecule has 0 saturated heterocycles. The van der Waals surface area contributed by atoms with Gasteiger partial charge in [0, 0.05) is 17.0 Å². The van der Waals surface area contributed by atoms with Crippen molar-refractivity contribution < 1.29 is 0 Å². The van der Waals surface area contributed by atoms with E-state index in [1.807, 2.05) is 48.8 Å². The van der Waals surface area contributed by atoms with Crippen molar-refractivity contribution in [3.05, 3.63) is 54.0 Å². The fourth-order valence-corrected chi connectivity index (χ4v) is 2.09. The van der Waals surface area contributed by atoms with Crippen molar-refractivity contribution in [1.29, 1.82) is 0 Å². The highest BCUT2D eigenvalue weighted by atomic mass is 15.2. The molecule has 0 N–H and O–H groups in total. The van der Waals surface area contributed by atoms with Gasteiger partial charge in [-0.15, -0.1) is 0 Å². The number of hydrogen-bond donors (Lipinski definition) is 0. The third-order valence-corrected chi connectivity index (χ3v) is 2.86. The molecule has 2 aromatic heterocycles. The third kappa shape index (κ3) is 1.60. The Morgan fingerprint density at radius 3 is 2.59 bits per heavy atom. The summed E-state index contributed by atoms with van der Waals surface area (Å²) in [6, 6.07) is 12.3. The second-order valence-corrected chi connectivity index (χ2v) is 4.20. The summed E-state index contributed by atoms with van der Waals surface area (Å²) >= 11 is 0. The zero-order valence-corrected chi connectivity index (χ0v) is 9.88.